The van der Waals surface area contributed by atoms with Gasteiger partial charge in [-0.05, 0) is 41.2 Å². The monoisotopic (exact) mass is 228 g/mol. The Labute approximate surface area is 106 Å². The number of allylic oxidation sites excluding steroid dienone is 1. The largest absolute Gasteiger partial charge is 0.0998 e. The first-order valence-corrected chi connectivity index (χ1v) is 6.52. The number of hydrogen-bond donors (Lipinski definition) is 0. The molecule has 1 aromatic rings. The molecule has 0 bridgehead atoms. The second-order valence-corrected chi connectivity index (χ2v) is 6.75. The highest BCUT2D eigenvalue weighted by Crippen LogP contribution is 2.50. The van der Waals surface area contributed by atoms with Gasteiger partial charge >= 0.3 is 0 Å². The Morgan fingerprint density at radius 2 is 1.65 bits per heavy atom. The summed E-state index contributed by atoms with van der Waals surface area (Å²) in [6.45, 7) is 15.8. The molecule has 0 radical (unpaired) electrons. The van der Waals surface area contributed by atoms with Crippen LogP contribution in [0, 0.1) is 5.92 Å². The minimum Gasteiger partial charge on any atom is -0.0998 e. The molecule has 0 saturated heterocycles. The van der Waals surface area contributed by atoms with Crippen LogP contribution in [0.1, 0.15) is 52.2 Å². The van der Waals surface area contributed by atoms with Gasteiger partial charge in [-0.2, -0.15) is 0 Å². The average Bonchev–Trinajstić information content (AvgIpc) is 2.24. The maximum atomic E-state index is 4.21. The van der Waals surface area contributed by atoms with Crippen LogP contribution >= 0.6 is 0 Å². The summed E-state index contributed by atoms with van der Waals surface area (Å²) >= 11 is 0. The number of rotatable bonds is 1. The van der Waals surface area contributed by atoms with Gasteiger partial charge in [0.05, 0.1) is 0 Å². The normalized spacial score (nSPS) is 25.1. The molecular formula is C17H24. The third-order valence-electron chi connectivity index (χ3n) is 4.53. The topological polar surface area (TPSA) is 0 Å². The minimum absolute atomic E-state index is 0.206. The Balaban J connectivity index is 2.64. The van der Waals surface area contributed by atoms with E-state index in [4.69, 9.17) is 0 Å². The third kappa shape index (κ3) is 1.84. The van der Waals surface area contributed by atoms with Gasteiger partial charge in [-0.25, -0.2) is 0 Å². The van der Waals surface area contributed by atoms with Crippen molar-refractivity contribution in [3.63, 3.8) is 0 Å². The molecule has 0 aromatic heterocycles. The minimum atomic E-state index is 0.206. The highest BCUT2D eigenvalue weighted by molar-refractivity contribution is 5.43. The summed E-state index contributed by atoms with van der Waals surface area (Å²) in [5.41, 5.74) is 4.80. The third-order valence-corrected chi connectivity index (χ3v) is 4.53. The highest BCUT2D eigenvalue weighted by atomic mass is 14.5. The Kier molecular flexibility index (Phi) is 2.72. The van der Waals surface area contributed by atoms with Crippen LogP contribution in [-0.2, 0) is 10.8 Å². The molecule has 0 heteroatoms. The molecule has 1 aliphatic rings. The predicted molar refractivity (Wildman–Crippen MR) is 75.4 cm³/mol. The van der Waals surface area contributed by atoms with E-state index in [-0.39, 0.29) is 10.8 Å². The summed E-state index contributed by atoms with van der Waals surface area (Å²) in [4.78, 5) is 0. The van der Waals surface area contributed by atoms with E-state index in [0.29, 0.717) is 5.92 Å². The van der Waals surface area contributed by atoms with Gasteiger partial charge in [0.2, 0.25) is 0 Å². The van der Waals surface area contributed by atoms with Crippen molar-refractivity contribution in [3.8, 4) is 0 Å². The van der Waals surface area contributed by atoms with E-state index in [2.05, 4.69) is 65.5 Å². The maximum absolute atomic E-state index is 4.21. The second kappa shape index (κ2) is 3.73. The van der Waals surface area contributed by atoms with E-state index in [1.807, 2.05) is 0 Å². The van der Waals surface area contributed by atoms with E-state index < -0.39 is 0 Å². The number of hydrogen-bond acceptors (Lipinski definition) is 0. The first kappa shape index (κ1) is 12.4. The maximum Gasteiger partial charge on any atom is -0.00351 e. The molecule has 17 heavy (non-hydrogen) atoms. The average molecular weight is 228 g/mol. The molecule has 1 aromatic carbocycles. The van der Waals surface area contributed by atoms with Gasteiger partial charge in [0, 0.05) is 0 Å². The van der Waals surface area contributed by atoms with Crippen molar-refractivity contribution in [3.05, 3.63) is 47.5 Å². The van der Waals surface area contributed by atoms with Gasteiger partial charge in [-0.3, -0.25) is 0 Å². The summed E-state index contributed by atoms with van der Waals surface area (Å²) in [6.07, 6.45) is 1.20. The van der Waals surface area contributed by atoms with Crippen LogP contribution in [-0.4, -0.2) is 0 Å². The van der Waals surface area contributed by atoms with Crippen LogP contribution in [0.3, 0.4) is 0 Å². The first-order valence-electron chi connectivity index (χ1n) is 6.52. The van der Waals surface area contributed by atoms with Crippen LogP contribution < -0.4 is 0 Å². The van der Waals surface area contributed by atoms with Crippen molar-refractivity contribution in [2.75, 3.05) is 0 Å². The van der Waals surface area contributed by atoms with Gasteiger partial charge in [-0.1, -0.05) is 64.1 Å². The number of benzene rings is 1. The van der Waals surface area contributed by atoms with Crippen molar-refractivity contribution < 1.29 is 0 Å². The van der Waals surface area contributed by atoms with Crippen molar-refractivity contribution in [2.45, 2.75) is 51.9 Å². The summed E-state index contributed by atoms with van der Waals surface area (Å²) in [5, 5.41) is 0. The summed E-state index contributed by atoms with van der Waals surface area (Å²) in [5.74, 6) is 0.576. The molecule has 1 unspecified atom stereocenters. The predicted octanol–water partition coefficient (Wildman–Crippen LogP) is 4.84. The van der Waals surface area contributed by atoms with E-state index in [9.17, 15) is 0 Å². The van der Waals surface area contributed by atoms with E-state index in [0.717, 1.165) is 0 Å². The zero-order valence-corrected chi connectivity index (χ0v) is 11.8. The van der Waals surface area contributed by atoms with Gasteiger partial charge in [0.25, 0.3) is 0 Å². The van der Waals surface area contributed by atoms with Crippen LogP contribution in [0.4, 0.5) is 0 Å². The molecule has 0 N–H and O–H groups in total. The fraction of sp³-hybridized carbons (Fsp3) is 0.529. The SMILES string of the molecule is C=C(C)C1CC(C)(C)c2ccccc2C1(C)C. The Morgan fingerprint density at radius 1 is 1.12 bits per heavy atom. The molecule has 0 saturated carbocycles. The Hall–Kier alpha value is -1.04. The molecule has 0 fully saturated rings. The fourth-order valence-electron chi connectivity index (χ4n) is 3.49. The van der Waals surface area contributed by atoms with Crippen LogP contribution in [0.25, 0.3) is 0 Å². The van der Waals surface area contributed by atoms with Crippen molar-refractivity contribution >= 4 is 0 Å². The molecule has 0 amide bonds. The van der Waals surface area contributed by atoms with Gasteiger partial charge < -0.3 is 0 Å². The lowest BCUT2D eigenvalue weighted by Gasteiger charge is -2.48. The van der Waals surface area contributed by atoms with Crippen LogP contribution in [0.5, 0.6) is 0 Å². The van der Waals surface area contributed by atoms with Crippen molar-refractivity contribution in [1.29, 1.82) is 0 Å². The summed E-state index contributed by atoms with van der Waals surface area (Å²) < 4.78 is 0. The second-order valence-electron chi connectivity index (χ2n) is 6.75. The molecule has 1 aliphatic carbocycles. The van der Waals surface area contributed by atoms with Gasteiger partial charge in [0.15, 0.2) is 0 Å². The zero-order valence-electron chi connectivity index (χ0n) is 11.8. The van der Waals surface area contributed by atoms with E-state index in [1.54, 1.807) is 0 Å². The molecule has 2 rings (SSSR count). The van der Waals surface area contributed by atoms with Gasteiger partial charge in [-0.15, -0.1) is 0 Å². The lowest BCUT2D eigenvalue weighted by molar-refractivity contribution is 0.249. The fourth-order valence-corrected chi connectivity index (χ4v) is 3.49. The first-order chi connectivity index (χ1) is 7.77. The smallest absolute Gasteiger partial charge is 0.00351 e. The number of fused-ring (bicyclic) bond motifs is 1. The van der Waals surface area contributed by atoms with Gasteiger partial charge in [0.1, 0.15) is 0 Å². The molecule has 0 spiro atoms. The van der Waals surface area contributed by atoms with Crippen molar-refractivity contribution in [1.82, 2.24) is 0 Å². The molecule has 0 nitrogen and oxygen atoms in total. The van der Waals surface area contributed by atoms with Crippen LogP contribution in [0.15, 0.2) is 36.4 Å². The van der Waals surface area contributed by atoms with Crippen molar-refractivity contribution in [2.24, 2.45) is 5.92 Å². The van der Waals surface area contributed by atoms with Crippen LogP contribution in [0.2, 0.25) is 0 Å². The lowest BCUT2D eigenvalue weighted by atomic mass is 9.56. The Morgan fingerprint density at radius 3 is 2.18 bits per heavy atom. The van der Waals surface area contributed by atoms with E-state index in [1.165, 1.54) is 23.1 Å². The quantitative estimate of drug-likeness (QED) is 0.603. The molecule has 0 heterocycles. The summed E-state index contributed by atoms with van der Waals surface area (Å²) in [7, 11) is 0. The standard InChI is InChI=1S/C17H24/c1-12(2)15-11-16(3,4)13-9-7-8-10-14(13)17(15,5)6/h7-10,15H,1,11H2,2-6H3. The zero-order chi connectivity index (χ0) is 12.8. The molecule has 0 aliphatic heterocycles. The van der Waals surface area contributed by atoms with E-state index >= 15 is 0 Å². The Bertz CT molecular complexity index is 449. The summed E-state index contributed by atoms with van der Waals surface area (Å²) in [6, 6.07) is 8.92. The lowest BCUT2D eigenvalue weighted by Crippen LogP contribution is -2.41. The molecular weight excluding hydrogens is 204 g/mol. The highest BCUT2D eigenvalue weighted by Gasteiger charge is 2.43. The molecule has 92 valence electrons. The molecule has 1 atom stereocenters.